The summed E-state index contributed by atoms with van der Waals surface area (Å²) >= 11 is 0. The summed E-state index contributed by atoms with van der Waals surface area (Å²) in [7, 11) is 3.34. The Balaban J connectivity index is -0.000000198. The van der Waals surface area contributed by atoms with E-state index in [-0.39, 0.29) is 11.8 Å². The highest BCUT2D eigenvalue weighted by Crippen LogP contribution is 2.03. The van der Waals surface area contributed by atoms with Gasteiger partial charge in [-0.2, -0.15) is 0 Å². The lowest BCUT2D eigenvalue weighted by Gasteiger charge is -2.22. The summed E-state index contributed by atoms with van der Waals surface area (Å²) in [5, 5.41) is 0. The van der Waals surface area contributed by atoms with Gasteiger partial charge >= 0.3 is 0 Å². The smallest absolute Gasteiger partial charge is 0.239 e. The fraction of sp³-hybridized carbons (Fsp3) is 0.833. The van der Waals surface area contributed by atoms with Crippen LogP contribution in [-0.4, -0.2) is 37.6 Å². The van der Waals surface area contributed by atoms with Crippen LogP contribution in [0.25, 0.3) is 0 Å². The number of carbonyl (C=O) groups is 1. The number of nitrogens with two attached hydrogens (primary N) is 1. The van der Waals surface area contributed by atoms with E-state index in [1.807, 2.05) is 54.5 Å². The molecule has 0 aromatic carbocycles. The minimum absolute atomic E-state index is 0.0369. The summed E-state index contributed by atoms with van der Waals surface area (Å²) in [5.41, 5.74) is 5.76. The van der Waals surface area contributed by atoms with Crippen LogP contribution in [0.2, 0.25) is 0 Å². The molecule has 1 atom stereocenters. The number of methoxy groups -OCH3 is 1. The number of nitrogens with zero attached hydrogens (tertiary/aromatic N) is 1. The molecule has 4 nitrogen and oxygen atoms in total. The summed E-state index contributed by atoms with van der Waals surface area (Å²) in [6.45, 7) is 18.5. The number of hydrogen-bond acceptors (Lipinski definition) is 3. The first-order chi connectivity index (χ1) is 10.3. The van der Waals surface area contributed by atoms with Crippen molar-refractivity contribution in [2.45, 2.75) is 74.8 Å². The third-order valence-corrected chi connectivity index (χ3v) is 2.35. The lowest BCUT2D eigenvalue weighted by Crippen LogP contribution is -2.44. The van der Waals surface area contributed by atoms with Crippen molar-refractivity contribution in [1.29, 1.82) is 0 Å². The summed E-state index contributed by atoms with van der Waals surface area (Å²) < 4.78 is 4.98. The predicted molar refractivity (Wildman–Crippen MR) is 99.9 cm³/mol. The van der Waals surface area contributed by atoms with Crippen LogP contribution in [0.4, 0.5) is 0 Å². The Kier molecular flexibility index (Phi) is 29.4. The summed E-state index contributed by atoms with van der Waals surface area (Å²) in [5.74, 6) is 0.922. The van der Waals surface area contributed by atoms with Crippen LogP contribution in [0.1, 0.15) is 68.7 Å². The van der Waals surface area contributed by atoms with E-state index in [1.165, 1.54) is 6.42 Å². The molecule has 0 heterocycles. The Labute approximate surface area is 140 Å². The van der Waals surface area contributed by atoms with Crippen LogP contribution in [0.5, 0.6) is 0 Å². The van der Waals surface area contributed by atoms with Crippen molar-refractivity contribution in [3.63, 3.8) is 0 Å². The molecule has 0 spiro atoms. The molecule has 0 aliphatic rings. The highest BCUT2D eigenvalue weighted by atomic mass is 16.5. The van der Waals surface area contributed by atoms with Gasteiger partial charge in [0.25, 0.3) is 0 Å². The molecule has 0 saturated carbocycles. The maximum absolute atomic E-state index is 11.7. The van der Waals surface area contributed by atoms with Crippen LogP contribution in [0, 0.1) is 5.92 Å². The molecule has 0 radical (unpaired) electrons. The molecule has 136 valence electrons. The van der Waals surface area contributed by atoms with Gasteiger partial charge in [-0.3, -0.25) is 4.79 Å². The van der Waals surface area contributed by atoms with Crippen molar-refractivity contribution in [2.75, 3.05) is 20.7 Å². The Bertz CT molecular complexity index is 251. The minimum atomic E-state index is -0.425. The van der Waals surface area contributed by atoms with Gasteiger partial charge in [-0.25, -0.2) is 0 Å². The van der Waals surface area contributed by atoms with Crippen molar-refractivity contribution >= 4 is 5.91 Å². The molecule has 2 N–H and O–H groups in total. The number of hydrogen-bond donors (Lipinski definition) is 1. The van der Waals surface area contributed by atoms with Crippen molar-refractivity contribution in [1.82, 2.24) is 4.90 Å². The molecule has 1 amide bonds. The molecule has 0 aliphatic carbocycles. The SMILES string of the molecule is CC.CC.CCC.CO/C(C)=C/CN(C)C(=O)C(N)C(C)C. The van der Waals surface area contributed by atoms with Gasteiger partial charge in [0.05, 0.1) is 18.9 Å². The molecule has 0 fully saturated rings. The average molecular weight is 319 g/mol. The van der Waals surface area contributed by atoms with Crippen LogP contribution < -0.4 is 5.73 Å². The highest BCUT2D eigenvalue weighted by Gasteiger charge is 2.20. The minimum Gasteiger partial charge on any atom is -0.502 e. The number of amides is 1. The maximum atomic E-state index is 11.7. The standard InChI is InChI=1S/C11H22N2O2.C3H8.2C2H6/c1-8(2)10(12)11(14)13(4)7-6-9(3)15-5;1-3-2;2*1-2/h6,8,10H,7,12H2,1-5H3;3H2,1-2H3;2*1-2H3/b9-6+;;;. The first-order valence-corrected chi connectivity index (χ1v) is 8.52. The van der Waals surface area contributed by atoms with E-state index >= 15 is 0 Å². The van der Waals surface area contributed by atoms with E-state index < -0.39 is 6.04 Å². The zero-order valence-electron chi connectivity index (χ0n) is 17.0. The molecule has 4 heteroatoms. The second-order valence-corrected chi connectivity index (χ2v) is 4.71. The number of rotatable bonds is 5. The Morgan fingerprint density at radius 2 is 1.55 bits per heavy atom. The third kappa shape index (κ3) is 19.0. The number of likely N-dealkylation sites (N-methyl/N-ethyl adjacent to an activating group) is 1. The molecule has 0 bridgehead atoms. The van der Waals surface area contributed by atoms with Crippen LogP contribution >= 0.6 is 0 Å². The van der Waals surface area contributed by atoms with Crippen LogP contribution in [0.15, 0.2) is 11.8 Å². The zero-order valence-corrected chi connectivity index (χ0v) is 17.0. The quantitative estimate of drug-likeness (QED) is 0.762. The average Bonchev–Trinajstić information content (AvgIpc) is 2.55. The number of carbonyl (C=O) groups excluding carboxylic acids is 1. The third-order valence-electron chi connectivity index (χ3n) is 2.35. The van der Waals surface area contributed by atoms with Crippen LogP contribution in [-0.2, 0) is 9.53 Å². The topological polar surface area (TPSA) is 55.6 Å². The van der Waals surface area contributed by atoms with E-state index in [4.69, 9.17) is 10.5 Å². The maximum Gasteiger partial charge on any atom is 0.239 e. The molecular formula is C18H42N2O2. The van der Waals surface area contributed by atoms with E-state index in [0.29, 0.717) is 6.54 Å². The van der Waals surface area contributed by atoms with Gasteiger partial charge in [0, 0.05) is 13.6 Å². The number of allylic oxidation sites excluding steroid dienone is 1. The van der Waals surface area contributed by atoms with Gasteiger partial charge < -0.3 is 15.4 Å². The monoisotopic (exact) mass is 318 g/mol. The van der Waals surface area contributed by atoms with Gasteiger partial charge in [0.2, 0.25) is 5.91 Å². The highest BCUT2D eigenvalue weighted by molar-refractivity contribution is 5.81. The van der Waals surface area contributed by atoms with Crippen molar-refractivity contribution in [3.8, 4) is 0 Å². The normalized spacial score (nSPS) is 10.9. The zero-order chi connectivity index (χ0) is 18.7. The molecule has 0 rings (SSSR count). The molecular weight excluding hydrogens is 276 g/mol. The number of ether oxygens (including phenoxy) is 1. The Morgan fingerprint density at radius 1 is 1.18 bits per heavy atom. The van der Waals surface area contributed by atoms with Crippen LogP contribution in [0.3, 0.4) is 0 Å². The van der Waals surface area contributed by atoms with Gasteiger partial charge in [-0.05, 0) is 18.9 Å². The lowest BCUT2D eigenvalue weighted by atomic mass is 10.0. The van der Waals surface area contributed by atoms with E-state index in [2.05, 4.69) is 13.8 Å². The fourth-order valence-corrected chi connectivity index (χ4v) is 0.978. The fourth-order valence-electron chi connectivity index (χ4n) is 0.978. The Morgan fingerprint density at radius 3 is 1.82 bits per heavy atom. The summed E-state index contributed by atoms with van der Waals surface area (Å²) in [6, 6.07) is -0.425. The van der Waals surface area contributed by atoms with E-state index in [1.54, 1.807) is 19.1 Å². The van der Waals surface area contributed by atoms with Crippen molar-refractivity contribution in [2.24, 2.45) is 11.7 Å². The van der Waals surface area contributed by atoms with Gasteiger partial charge in [0.1, 0.15) is 0 Å². The molecule has 0 aliphatic heterocycles. The lowest BCUT2D eigenvalue weighted by molar-refractivity contribution is -0.131. The first kappa shape index (κ1) is 29.0. The largest absolute Gasteiger partial charge is 0.502 e. The summed E-state index contributed by atoms with van der Waals surface area (Å²) in [4.78, 5) is 13.3. The Hall–Kier alpha value is -1.03. The molecule has 0 aromatic heterocycles. The van der Waals surface area contributed by atoms with E-state index in [0.717, 1.165) is 5.76 Å². The van der Waals surface area contributed by atoms with Gasteiger partial charge in [-0.15, -0.1) is 0 Å². The molecule has 0 aromatic rings. The van der Waals surface area contributed by atoms with Crippen molar-refractivity contribution < 1.29 is 9.53 Å². The summed E-state index contributed by atoms with van der Waals surface area (Å²) in [6.07, 6.45) is 3.10. The second kappa shape index (κ2) is 22.3. The van der Waals surface area contributed by atoms with Crippen molar-refractivity contribution in [3.05, 3.63) is 11.8 Å². The second-order valence-electron chi connectivity index (χ2n) is 4.71. The van der Waals surface area contributed by atoms with E-state index in [9.17, 15) is 4.79 Å². The molecule has 0 saturated heterocycles. The van der Waals surface area contributed by atoms with Gasteiger partial charge in [0.15, 0.2) is 0 Å². The first-order valence-electron chi connectivity index (χ1n) is 8.52. The molecule has 1 unspecified atom stereocenters. The van der Waals surface area contributed by atoms with Gasteiger partial charge in [-0.1, -0.05) is 61.8 Å². The predicted octanol–water partition coefficient (Wildman–Crippen LogP) is 4.45. The molecule has 22 heavy (non-hydrogen) atoms.